The summed E-state index contributed by atoms with van der Waals surface area (Å²) in [5, 5.41) is 15.8. The Balaban J connectivity index is 2.07. The van der Waals surface area contributed by atoms with Gasteiger partial charge in [0.2, 0.25) is 5.91 Å². The van der Waals surface area contributed by atoms with E-state index in [-0.39, 0.29) is 17.7 Å². The number of carbonyl (C=O) groups is 1. The summed E-state index contributed by atoms with van der Waals surface area (Å²) in [7, 11) is 0. The van der Waals surface area contributed by atoms with Gasteiger partial charge in [-0.1, -0.05) is 11.6 Å². The van der Waals surface area contributed by atoms with Gasteiger partial charge in [-0.2, -0.15) is 0 Å². The molecule has 0 aromatic heterocycles. The molecule has 0 radical (unpaired) electrons. The fourth-order valence-electron chi connectivity index (χ4n) is 1.74. The van der Waals surface area contributed by atoms with Crippen LogP contribution < -0.4 is 10.6 Å². The highest BCUT2D eigenvalue weighted by Gasteiger charge is 2.22. The smallest absolute Gasteiger partial charge is 0.241 e. The molecule has 86 valence electrons. The van der Waals surface area contributed by atoms with Crippen molar-refractivity contribution >= 4 is 23.2 Å². The first-order valence-electron chi connectivity index (χ1n) is 5.19. The van der Waals surface area contributed by atoms with E-state index in [1.165, 1.54) is 12.1 Å². The van der Waals surface area contributed by atoms with Crippen LogP contribution >= 0.6 is 11.6 Å². The molecule has 0 aliphatic carbocycles. The van der Waals surface area contributed by atoms with Gasteiger partial charge in [0, 0.05) is 5.02 Å². The van der Waals surface area contributed by atoms with Crippen molar-refractivity contribution in [2.24, 2.45) is 0 Å². The zero-order chi connectivity index (χ0) is 11.5. The molecule has 0 saturated carbocycles. The summed E-state index contributed by atoms with van der Waals surface area (Å²) >= 11 is 5.78. The average molecular weight is 241 g/mol. The van der Waals surface area contributed by atoms with Gasteiger partial charge in [-0.15, -0.1) is 0 Å². The first-order valence-corrected chi connectivity index (χ1v) is 5.57. The molecule has 1 saturated heterocycles. The molecule has 1 aliphatic rings. The Morgan fingerprint density at radius 1 is 1.56 bits per heavy atom. The van der Waals surface area contributed by atoms with E-state index < -0.39 is 0 Å². The molecule has 3 N–H and O–H groups in total. The fourth-order valence-corrected chi connectivity index (χ4v) is 1.91. The van der Waals surface area contributed by atoms with E-state index in [1.54, 1.807) is 6.07 Å². The van der Waals surface area contributed by atoms with Crippen molar-refractivity contribution < 1.29 is 9.90 Å². The lowest BCUT2D eigenvalue weighted by atomic mass is 10.2. The number of amides is 1. The topological polar surface area (TPSA) is 61.4 Å². The van der Waals surface area contributed by atoms with E-state index in [0.717, 1.165) is 19.4 Å². The maximum Gasteiger partial charge on any atom is 0.241 e. The van der Waals surface area contributed by atoms with Crippen LogP contribution in [0, 0.1) is 0 Å². The van der Waals surface area contributed by atoms with Crippen molar-refractivity contribution in [2.75, 3.05) is 11.9 Å². The third-order valence-electron chi connectivity index (χ3n) is 2.59. The summed E-state index contributed by atoms with van der Waals surface area (Å²) in [6.45, 7) is 0.861. The lowest BCUT2D eigenvalue weighted by Crippen LogP contribution is -2.35. The fraction of sp³-hybridized carbons (Fsp3) is 0.364. The predicted molar refractivity (Wildman–Crippen MR) is 62.8 cm³/mol. The minimum Gasteiger partial charge on any atom is -0.506 e. The largest absolute Gasteiger partial charge is 0.506 e. The van der Waals surface area contributed by atoms with Crippen LogP contribution in [0.3, 0.4) is 0 Å². The third-order valence-corrected chi connectivity index (χ3v) is 2.83. The lowest BCUT2D eigenvalue weighted by molar-refractivity contribution is -0.117. The molecule has 0 unspecified atom stereocenters. The van der Waals surface area contributed by atoms with Gasteiger partial charge in [-0.25, -0.2) is 0 Å². The molecule has 2 rings (SSSR count). The number of anilines is 1. The Labute approximate surface area is 98.6 Å². The summed E-state index contributed by atoms with van der Waals surface area (Å²) in [6, 6.07) is 4.39. The molecular formula is C11H13ClN2O2. The van der Waals surface area contributed by atoms with Gasteiger partial charge in [-0.05, 0) is 37.6 Å². The Hall–Kier alpha value is -1.26. The van der Waals surface area contributed by atoms with Gasteiger partial charge < -0.3 is 15.7 Å². The molecule has 1 fully saturated rings. The van der Waals surface area contributed by atoms with Gasteiger partial charge >= 0.3 is 0 Å². The molecule has 0 bridgehead atoms. The van der Waals surface area contributed by atoms with Crippen LogP contribution in [0.5, 0.6) is 5.75 Å². The number of carbonyl (C=O) groups excluding carboxylic acids is 1. The first kappa shape index (κ1) is 11.2. The molecular weight excluding hydrogens is 228 g/mol. The van der Waals surface area contributed by atoms with E-state index in [4.69, 9.17) is 11.6 Å². The van der Waals surface area contributed by atoms with Crippen LogP contribution in [0.2, 0.25) is 5.02 Å². The second-order valence-electron chi connectivity index (χ2n) is 3.80. The zero-order valence-corrected chi connectivity index (χ0v) is 9.42. The highest BCUT2D eigenvalue weighted by molar-refractivity contribution is 6.31. The Morgan fingerprint density at radius 3 is 3.06 bits per heavy atom. The van der Waals surface area contributed by atoms with E-state index in [1.807, 2.05) is 0 Å². The van der Waals surface area contributed by atoms with E-state index in [0.29, 0.717) is 10.7 Å². The van der Waals surface area contributed by atoms with Crippen molar-refractivity contribution in [1.82, 2.24) is 5.32 Å². The molecule has 5 heteroatoms. The summed E-state index contributed by atoms with van der Waals surface area (Å²) in [5.74, 6) is -0.106. The van der Waals surface area contributed by atoms with E-state index in [9.17, 15) is 9.90 Å². The number of halogens is 1. The first-order chi connectivity index (χ1) is 7.66. The maximum absolute atomic E-state index is 11.8. The third kappa shape index (κ3) is 2.46. The van der Waals surface area contributed by atoms with Crippen molar-refractivity contribution in [3.8, 4) is 5.75 Å². The van der Waals surface area contributed by atoms with Crippen LogP contribution in [-0.4, -0.2) is 23.6 Å². The Bertz CT molecular complexity index is 403. The van der Waals surface area contributed by atoms with Gasteiger partial charge in [0.25, 0.3) is 0 Å². The summed E-state index contributed by atoms with van der Waals surface area (Å²) in [6.07, 6.45) is 1.83. The number of rotatable bonds is 2. The van der Waals surface area contributed by atoms with Gasteiger partial charge in [-0.3, -0.25) is 4.79 Å². The van der Waals surface area contributed by atoms with Crippen molar-refractivity contribution in [1.29, 1.82) is 0 Å². The predicted octanol–water partition coefficient (Wildman–Crippen LogP) is 1.74. The number of hydrogen-bond donors (Lipinski definition) is 3. The Morgan fingerprint density at radius 2 is 2.38 bits per heavy atom. The second kappa shape index (κ2) is 4.72. The molecule has 1 aliphatic heterocycles. The van der Waals surface area contributed by atoms with Crippen molar-refractivity contribution in [3.63, 3.8) is 0 Å². The highest BCUT2D eigenvalue weighted by atomic mass is 35.5. The van der Waals surface area contributed by atoms with Gasteiger partial charge in [0.1, 0.15) is 5.75 Å². The highest BCUT2D eigenvalue weighted by Crippen LogP contribution is 2.26. The molecule has 16 heavy (non-hydrogen) atoms. The molecule has 1 aromatic carbocycles. The number of benzene rings is 1. The number of nitrogens with one attached hydrogen (secondary N) is 2. The Kier molecular flexibility index (Phi) is 3.31. The summed E-state index contributed by atoms with van der Waals surface area (Å²) < 4.78 is 0. The van der Waals surface area contributed by atoms with E-state index >= 15 is 0 Å². The maximum atomic E-state index is 11.8. The molecule has 0 spiro atoms. The van der Waals surface area contributed by atoms with Crippen LogP contribution in [0.4, 0.5) is 5.69 Å². The monoisotopic (exact) mass is 240 g/mol. The average Bonchev–Trinajstić information content (AvgIpc) is 2.76. The lowest BCUT2D eigenvalue weighted by Gasteiger charge is -2.12. The summed E-state index contributed by atoms with van der Waals surface area (Å²) in [4.78, 5) is 11.8. The zero-order valence-electron chi connectivity index (χ0n) is 8.66. The number of aromatic hydroxyl groups is 1. The normalized spacial score (nSPS) is 19.7. The molecule has 1 aromatic rings. The molecule has 1 heterocycles. The molecule has 4 nitrogen and oxygen atoms in total. The van der Waals surface area contributed by atoms with E-state index in [2.05, 4.69) is 10.6 Å². The van der Waals surface area contributed by atoms with Gasteiger partial charge in [0.15, 0.2) is 0 Å². The second-order valence-corrected chi connectivity index (χ2v) is 4.24. The van der Waals surface area contributed by atoms with Crippen LogP contribution in [0.25, 0.3) is 0 Å². The SMILES string of the molecule is O=C(Nc1cc(Cl)ccc1O)[C@@H]1CCCN1. The quantitative estimate of drug-likeness (QED) is 0.690. The van der Waals surface area contributed by atoms with Gasteiger partial charge in [0.05, 0.1) is 11.7 Å². The van der Waals surface area contributed by atoms with Crippen molar-refractivity contribution in [3.05, 3.63) is 23.2 Å². The van der Waals surface area contributed by atoms with Crippen LogP contribution in [-0.2, 0) is 4.79 Å². The number of hydrogen-bond acceptors (Lipinski definition) is 3. The number of phenolic OH excluding ortho intramolecular Hbond substituents is 1. The van der Waals surface area contributed by atoms with Crippen LogP contribution in [0.15, 0.2) is 18.2 Å². The van der Waals surface area contributed by atoms with Crippen molar-refractivity contribution in [2.45, 2.75) is 18.9 Å². The number of phenols is 1. The standard InChI is InChI=1S/C11H13ClN2O2/c12-7-3-4-10(15)9(6-7)14-11(16)8-2-1-5-13-8/h3-4,6,8,13,15H,1-2,5H2,(H,14,16)/t8-/m0/s1. The summed E-state index contributed by atoms with van der Waals surface area (Å²) in [5.41, 5.74) is 0.353. The minimum absolute atomic E-state index is 0.0238. The van der Waals surface area contributed by atoms with Crippen LogP contribution in [0.1, 0.15) is 12.8 Å². The molecule has 1 atom stereocenters. The minimum atomic E-state index is -0.168. The molecule has 1 amide bonds.